The van der Waals surface area contributed by atoms with Crippen LogP contribution >= 0.6 is 0 Å². The van der Waals surface area contributed by atoms with Crippen LogP contribution in [-0.4, -0.2) is 97.2 Å². The normalized spacial score (nSPS) is 12.7. The summed E-state index contributed by atoms with van der Waals surface area (Å²) >= 11 is 0. The van der Waals surface area contributed by atoms with Gasteiger partial charge < -0.3 is 38.7 Å². The van der Waals surface area contributed by atoms with Crippen molar-refractivity contribution in [1.82, 2.24) is 0 Å². The first-order valence-electron chi connectivity index (χ1n) is 25.1. The van der Waals surface area contributed by atoms with Gasteiger partial charge in [0.25, 0.3) is 0 Å². The molecule has 0 fully saturated rings. The van der Waals surface area contributed by atoms with E-state index in [2.05, 4.69) is 62.4 Å². The predicted octanol–water partition coefficient (Wildman–Crippen LogP) is 11.1. The Morgan fingerprint density at radius 1 is 0.415 bits per heavy atom. The molecule has 0 aliphatic rings. The number of hydrogen-bond donors (Lipinski definition) is 0. The molecule has 0 radical (unpaired) electrons. The smallest absolute Gasteiger partial charge is 0.550 e. The van der Waals surface area contributed by atoms with Crippen molar-refractivity contribution >= 4 is 72.8 Å². The molecule has 2 aromatic carbocycles. The predicted molar refractivity (Wildman–Crippen MR) is 258 cm³/mol. The summed E-state index contributed by atoms with van der Waals surface area (Å²) in [6, 6.07) is 20.7. The molecule has 0 aromatic heterocycles. The van der Waals surface area contributed by atoms with Crippen LogP contribution < -0.4 is 10.2 Å². The van der Waals surface area contributed by atoms with Crippen molar-refractivity contribution in [1.29, 1.82) is 0 Å². The summed E-state index contributed by atoms with van der Waals surface area (Å²) in [5.41, 5.74) is 2.46. The molecule has 0 aliphatic heterocycles. The number of aliphatic carboxylic acids is 2. The van der Waals surface area contributed by atoms with E-state index in [0.717, 1.165) is 89.9 Å². The molecular formula is C54H86BaO10. The molecule has 11 heteroatoms. The standard InChI is InChI=1S/2C27H44O5.Ba/c2*1-3-4-17-25(31-22-24-15-9-8-10-16-24)18-11-6-5-7-12-19-26(32-23(2)28)20-13-14-21-27(29)30;/h2*8-10,15-16,25-26H,3-7,11-14,17-22H2,1-2H3,(H,29,30);/q;;+2/p-2. The van der Waals surface area contributed by atoms with Gasteiger partial charge in [0, 0.05) is 25.8 Å². The van der Waals surface area contributed by atoms with Gasteiger partial charge >= 0.3 is 60.8 Å². The minimum absolute atomic E-state index is 0. The Morgan fingerprint density at radius 2 is 0.692 bits per heavy atom. The summed E-state index contributed by atoms with van der Waals surface area (Å²) in [4.78, 5) is 43.6. The number of benzene rings is 2. The number of hydrogen-bond acceptors (Lipinski definition) is 10. The molecule has 0 bridgehead atoms. The van der Waals surface area contributed by atoms with E-state index in [9.17, 15) is 29.4 Å². The van der Waals surface area contributed by atoms with Crippen molar-refractivity contribution in [3.05, 3.63) is 71.8 Å². The van der Waals surface area contributed by atoms with Crippen molar-refractivity contribution < 1.29 is 48.3 Å². The summed E-state index contributed by atoms with van der Waals surface area (Å²) in [6.07, 6.45) is 27.1. The molecule has 0 aliphatic carbocycles. The molecule has 0 spiro atoms. The fraction of sp³-hybridized carbons (Fsp3) is 0.704. The topological polar surface area (TPSA) is 151 Å². The molecule has 0 heterocycles. The fourth-order valence-electron chi connectivity index (χ4n) is 7.89. The Kier molecular flexibility index (Phi) is 42.8. The molecule has 0 saturated carbocycles. The van der Waals surface area contributed by atoms with Gasteiger partial charge in [-0.3, -0.25) is 9.59 Å². The summed E-state index contributed by atoms with van der Waals surface area (Å²) in [6.45, 7) is 8.69. The monoisotopic (exact) mass is 1030 g/mol. The van der Waals surface area contributed by atoms with Gasteiger partial charge in [0.2, 0.25) is 0 Å². The van der Waals surface area contributed by atoms with Crippen LogP contribution in [0.2, 0.25) is 0 Å². The zero-order chi connectivity index (χ0) is 46.9. The first-order valence-corrected chi connectivity index (χ1v) is 25.1. The maximum absolute atomic E-state index is 11.3. The second-order valence-electron chi connectivity index (χ2n) is 17.5. The number of rotatable bonds is 40. The van der Waals surface area contributed by atoms with E-state index in [-0.39, 0.29) is 85.9 Å². The Labute approximate surface area is 434 Å². The van der Waals surface area contributed by atoms with Crippen molar-refractivity contribution in [3.8, 4) is 0 Å². The van der Waals surface area contributed by atoms with Gasteiger partial charge in [0.15, 0.2) is 0 Å². The molecule has 0 amide bonds. The summed E-state index contributed by atoms with van der Waals surface area (Å²) in [7, 11) is 0. The number of carboxylic acids is 2. The van der Waals surface area contributed by atoms with Crippen LogP contribution in [-0.2, 0) is 51.3 Å². The minimum Gasteiger partial charge on any atom is -0.550 e. The average Bonchev–Trinajstić information content (AvgIpc) is 3.27. The van der Waals surface area contributed by atoms with E-state index in [1.54, 1.807) is 0 Å². The van der Waals surface area contributed by atoms with Gasteiger partial charge in [-0.2, -0.15) is 0 Å². The molecule has 10 nitrogen and oxygen atoms in total. The van der Waals surface area contributed by atoms with Crippen LogP contribution in [0.25, 0.3) is 0 Å². The quantitative estimate of drug-likeness (QED) is 0.0358. The van der Waals surface area contributed by atoms with Gasteiger partial charge in [-0.25, -0.2) is 0 Å². The van der Waals surface area contributed by atoms with Crippen LogP contribution in [0.1, 0.15) is 219 Å². The first kappa shape index (κ1) is 62.8. The van der Waals surface area contributed by atoms with E-state index in [0.29, 0.717) is 38.3 Å². The zero-order valence-electron chi connectivity index (χ0n) is 41.1. The van der Waals surface area contributed by atoms with Crippen LogP contribution in [0.3, 0.4) is 0 Å². The molecular weight excluding hydrogens is 946 g/mol. The number of unbranched alkanes of at least 4 members (excludes halogenated alkanes) is 12. The number of esters is 2. The number of carbonyl (C=O) groups excluding carboxylic acids is 4. The number of carbonyl (C=O) groups is 4. The van der Waals surface area contributed by atoms with Gasteiger partial charge in [-0.1, -0.05) is 152 Å². The largest absolute Gasteiger partial charge is 2.00 e. The average molecular weight is 1030 g/mol. The Bertz CT molecular complexity index is 1320. The van der Waals surface area contributed by atoms with E-state index in [1.807, 2.05) is 12.1 Å². The van der Waals surface area contributed by atoms with E-state index in [4.69, 9.17) is 18.9 Å². The maximum Gasteiger partial charge on any atom is 2.00 e. The second kappa shape index (κ2) is 44.3. The Hall–Kier alpha value is -2.19. The third-order valence-electron chi connectivity index (χ3n) is 11.5. The third kappa shape index (κ3) is 40.6. The summed E-state index contributed by atoms with van der Waals surface area (Å²) in [5, 5.41) is 21.0. The zero-order valence-corrected chi connectivity index (χ0v) is 45.5. The first-order chi connectivity index (χ1) is 31.0. The van der Waals surface area contributed by atoms with Gasteiger partial charge in [-0.15, -0.1) is 0 Å². The van der Waals surface area contributed by atoms with E-state index >= 15 is 0 Å². The maximum atomic E-state index is 11.3. The van der Waals surface area contributed by atoms with E-state index in [1.165, 1.54) is 89.2 Å². The van der Waals surface area contributed by atoms with E-state index < -0.39 is 11.9 Å². The third-order valence-corrected chi connectivity index (χ3v) is 11.5. The van der Waals surface area contributed by atoms with Crippen LogP contribution in [0.15, 0.2) is 60.7 Å². The number of ether oxygens (including phenoxy) is 4. The van der Waals surface area contributed by atoms with Crippen molar-refractivity contribution in [3.63, 3.8) is 0 Å². The Morgan fingerprint density at radius 3 is 0.985 bits per heavy atom. The van der Waals surface area contributed by atoms with Crippen molar-refractivity contribution in [2.24, 2.45) is 0 Å². The molecule has 4 atom stereocenters. The fourth-order valence-corrected chi connectivity index (χ4v) is 7.89. The number of carboxylic acid groups (broad SMARTS) is 2. The molecule has 2 aromatic rings. The minimum atomic E-state index is -1.02. The van der Waals surface area contributed by atoms with Crippen molar-refractivity contribution in [2.75, 3.05) is 0 Å². The molecule has 65 heavy (non-hydrogen) atoms. The SMILES string of the molecule is CCCCC(CCCCCCCC(CCCCC(=O)[O-])OC(C)=O)OCc1ccccc1.CCCCC(CCCCCCCC(CCCCC(=O)[O-])OC(C)=O)OCc1ccccc1.[Ba+2]. The van der Waals surface area contributed by atoms with Gasteiger partial charge in [0.1, 0.15) is 12.2 Å². The molecule has 2 rings (SSSR count). The van der Waals surface area contributed by atoms with Crippen LogP contribution in [0.5, 0.6) is 0 Å². The molecule has 0 saturated heterocycles. The Balaban J connectivity index is 0.00000124. The molecule has 0 N–H and O–H groups in total. The summed E-state index contributed by atoms with van der Waals surface area (Å²) < 4.78 is 23.2. The van der Waals surface area contributed by atoms with Crippen molar-refractivity contribution in [2.45, 2.75) is 245 Å². The van der Waals surface area contributed by atoms with Gasteiger partial charge in [-0.05, 0) is 114 Å². The van der Waals surface area contributed by atoms with Crippen LogP contribution in [0.4, 0.5) is 0 Å². The van der Waals surface area contributed by atoms with Gasteiger partial charge in [0.05, 0.1) is 25.4 Å². The molecule has 364 valence electrons. The molecule has 4 unspecified atom stereocenters. The van der Waals surface area contributed by atoms with Crippen LogP contribution in [0, 0.1) is 0 Å². The second-order valence-corrected chi connectivity index (χ2v) is 17.5. The summed E-state index contributed by atoms with van der Waals surface area (Å²) in [5.74, 6) is -2.56.